The fraction of sp³-hybridized carbons (Fsp3) is 0.353. The van der Waals surface area contributed by atoms with Crippen molar-refractivity contribution >= 4 is 32.9 Å². The number of ether oxygens (including phenoxy) is 1. The van der Waals surface area contributed by atoms with Gasteiger partial charge in [0.1, 0.15) is 22.9 Å². The highest BCUT2D eigenvalue weighted by Crippen LogP contribution is 2.17. The van der Waals surface area contributed by atoms with E-state index < -0.39 is 0 Å². The number of carbonyl (C=O) groups is 1. The molecule has 3 aromatic rings. The Labute approximate surface area is 163 Å². The van der Waals surface area contributed by atoms with Crippen LogP contribution in [0.1, 0.15) is 18.9 Å². The maximum atomic E-state index is 12.6. The van der Waals surface area contributed by atoms with Crippen LogP contribution in [0.25, 0.3) is 11.0 Å². The van der Waals surface area contributed by atoms with Crippen LogP contribution < -0.4 is 15.6 Å². The maximum Gasteiger partial charge on any atom is 0.266 e. The number of hydrogen-bond donors (Lipinski definition) is 1. The molecule has 0 radical (unpaired) electrons. The lowest BCUT2D eigenvalue weighted by atomic mass is 10.2. The molecule has 1 N–H and O–H groups in total. The third kappa shape index (κ3) is 4.16. The van der Waals surface area contributed by atoms with E-state index in [4.69, 9.17) is 4.74 Å². The molecule has 27 heavy (non-hydrogen) atoms. The van der Waals surface area contributed by atoms with E-state index in [1.54, 1.807) is 19.3 Å². The van der Waals surface area contributed by atoms with E-state index in [0.717, 1.165) is 12.0 Å². The van der Waals surface area contributed by atoms with Gasteiger partial charge in [-0.15, -0.1) is 0 Å². The van der Waals surface area contributed by atoms with Gasteiger partial charge in [-0.2, -0.15) is 5.10 Å². The first-order valence-corrected chi connectivity index (χ1v) is 9.21. The van der Waals surface area contributed by atoms with Crippen molar-refractivity contribution in [3.05, 3.63) is 45.2 Å². The second-order valence-electron chi connectivity index (χ2n) is 5.88. The molecule has 3 aromatic heterocycles. The Morgan fingerprint density at radius 3 is 2.96 bits per heavy atom. The van der Waals surface area contributed by atoms with E-state index in [1.807, 2.05) is 13.0 Å². The first-order valence-electron chi connectivity index (χ1n) is 8.42. The maximum absolute atomic E-state index is 12.6. The van der Waals surface area contributed by atoms with Gasteiger partial charge in [-0.3, -0.25) is 14.2 Å². The summed E-state index contributed by atoms with van der Waals surface area (Å²) < 4.78 is 8.74. The van der Waals surface area contributed by atoms with Crippen LogP contribution in [0, 0.1) is 0 Å². The first kappa shape index (κ1) is 19.0. The molecule has 0 saturated carbocycles. The van der Waals surface area contributed by atoms with E-state index >= 15 is 0 Å². The van der Waals surface area contributed by atoms with Gasteiger partial charge < -0.3 is 10.1 Å². The highest BCUT2D eigenvalue weighted by molar-refractivity contribution is 9.10. The summed E-state index contributed by atoms with van der Waals surface area (Å²) in [5, 5.41) is 7.24. The molecule has 0 spiro atoms. The number of hydrogen-bond acceptors (Lipinski definition) is 6. The number of halogens is 1. The van der Waals surface area contributed by atoms with Gasteiger partial charge in [0.05, 0.1) is 6.61 Å². The minimum atomic E-state index is -0.330. The number of fused-ring (bicyclic) bond motifs is 1. The SMILES string of the molecule is CCCOc1ncccc1CNC(=O)Cn1cnc2c(c(Br)nn2C)c1=O. The predicted molar refractivity (Wildman–Crippen MR) is 102 cm³/mol. The summed E-state index contributed by atoms with van der Waals surface area (Å²) in [4.78, 5) is 33.3. The molecular weight excluding hydrogens is 416 g/mol. The summed E-state index contributed by atoms with van der Waals surface area (Å²) in [5.74, 6) is 0.183. The normalized spacial score (nSPS) is 10.9. The second-order valence-corrected chi connectivity index (χ2v) is 6.63. The van der Waals surface area contributed by atoms with Crippen molar-refractivity contribution in [3.8, 4) is 5.88 Å². The van der Waals surface area contributed by atoms with E-state index in [0.29, 0.717) is 28.1 Å². The Kier molecular flexibility index (Phi) is 5.84. The Hall–Kier alpha value is -2.75. The fourth-order valence-electron chi connectivity index (χ4n) is 2.54. The van der Waals surface area contributed by atoms with Gasteiger partial charge in [-0.1, -0.05) is 13.0 Å². The van der Waals surface area contributed by atoms with Crippen molar-refractivity contribution in [2.45, 2.75) is 26.4 Å². The third-order valence-corrected chi connectivity index (χ3v) is 4.41. The van der Waals surface area contributed by atoms with Gasteiger partial charge in [0.2, 0.25) is 11.8 Å². The predicted octanol–water partition coefficient (Wildman–Crippen LogP) is 1.39. The average molecular weight is 435 g/mol. The number of carbonyl (C=O) groups excluding carboxylic acids is 1. The lowest BCUT2D eigenvalue weighted by molar-refractivity contribution is -0.121. The number of rotatable bonds is 7. The van der Waals surface area contributed by atoms with Crippen LogP contribution in [-0.4, -0.2) is 36.8 Å². The van der Waals surface area contributed by atoms with Crippen LogP contribution in [0.3, 0.4) is 0 Å². The zero-order valence-corrected chi connectivity index (χ0v) is 16.6. The monoisotopic (exact) mass is 434 g/mol. The molecular formula is C17H19BrN6O3. The molecule has 9 nitrogen and oxygen atoms in total. The van der Waals surface area contributed by atoms with Crippen molar-refractivity contribution < 1.29 is 9.53 Å². The summed E-state index contributed by atoms with van der Waals surface area (Å²) in [6, 6.07) is 3.62. The molecule has 0 bridgehead atoms. The summed E-state index contributed by atoms with van der Waals surface area (Å²) >= 11 is 3.25. The second kappa shape index (κ2) is 8.30. The minimum Gasteiger partial charge on any atom is -0.477 e. The van der Waals surface area contributed by atoms with Gasteiger partial charge in [0.15, 0.2) is 5.65 Å². The van der Waals surface area contributed by atoms with Crippen LogP contribution in [0.5, 0.6) is 5.88 Å². The minimum absolute atomic E-state index is 0.144. The van der Waals surface area contributed by atoms with Crippen LogP contribution in [0.2, 0.25) is 0 Å². The van der Waals surface area contributed by atoms with E-state index in [1.165, 1.54) is 15.6 Å². The molecule has 0 aliphatic rings. The summed E-state index contributed by atoms with van der Waals surface area (Å²) in [5.41, 5.74) is 0.898. The van der Waals surface area contributed by atoms with Crippen molar-refractivity contribution in [2.24, 2.45) is 7.05 Å². The standard InChI is InChI=1S/C17H19BrN6O3/c1-3-7-27-16-11(5-4-6-19-16)8-20-12(25)9-24-10-21-15-13(17(24)26)14(18)22-23(15)2/h4-6,10H,3,7-9H2,1-2H3,(H,20,25). The number of aryl methyl sites for hydroxylation is 1. The highest BCUT2D eigenvalue weighted by Gasteiger charge is 2.15. The number of pyridine rings is 1. The molecule has 1 amide bonds. The number of nitrogens with one attached hydrogen (secondary N) is 1. The van der Waals surface area contributed by atoms with E-state index in [-0.39, 0.29) is 24.6 Å². The quantitative estimate of drug-likeness (QED) is 0.602. The molecule has 3 heterocycles. The fourth-order valence-corrected chi connectivity index (χ4v) is 3.12. The lowest BCUT2D eigenvalue weighted by Gasteiger charge is -2.11. The molecule has 0 atom stereocenters. The molecule has 3 rings (SSSR count). The van der Waals surface area contributed by atoms with Gasteiger partial charge in [-0.25, -0.2) is 14.6 Å². The summed E-state index contributed by atoms with van der Waals surface area (Å²) in [7, 11) is 1.70. The summed E-state index contributed by atoms with van der Waals surface area (Å²) in [6.45, 7) is 2.67. The Morgan fingerprint density at radius 2 is 2.19 bits per heavy atom. The first-order chi connectivity index (χ1) is 13.0. The summed E-state index contributed by atoms with van der Waals surface area (Å²) in [6.07, 6.45) is 3.85. The van der Waals surface area contributed by atoms with E-state index in [9.17, 15) is 9.59 Å². The van der Waals surface area contributed by atoms with Crippen molar-refractivity contribution in [3.63, 3.8) is 0 Å². The highest BCUT2D eigenvalue weighted by atomic mass is 79.9. The topological polar surface area (TPSA) is 104 Å². The third-order valence-electron chi connectivity index (χ3n) is 3.85. The van der Waals surface area contributed by atoms with Crippen LogP contribution in [-0.2, 0) is 24.9 Å². The number of amides is 1. The lowest BCUT2D eigenvalue weighted by Crippen LogP contribution is -2.32. The average Bonchev–Trinajstić information content (AvgIpc) is 2.95. The van der Waals surface area contributed by atoms with Gasteiger partial charge in [0.25, 0.3) is 5.56 Å². The Balaban J connectivity index is 1.70. The molecule has 0 aliphatic heterocycles. The van der Waals surface area contributed by atoms with Crippen molar-refractivity contribution in [2.75, 3.05) is 6.61 Å². The number of nitrogens with zero attached hydrogens (tertiary/aromatic N) is 5. The van der Waals surface area contributed by atoms with E-state index in [2.05, 4.69) is 36.3 Å². The van der Waals surface area contributed by atoms with Crippen LogP contribution in [0.15, 0.2) is 34.1 Å². The van der Waals surface area contributed by atoms with Gasteiger partial charge in [-0.05, 0) is 28.4 Å². The Bertz CT molecular complexity index is 1030. The smallest absolute Gasteiger partial charge is 0.266 e. The molecule has 142 valence electrons. The van der Waals surface area contributed by atoms with Crippen molar-refractivity contribution in [1.82, 2.24) is 29.6 Å². The largest absolute Gasteiger partial charge is 0.477 e. The van der Waals surface area contributed by atoms with Crippen LogP contribution >= 0.6 is 15.9 Å². The molecule has 0 unspecified atom stereocenters. The zero-order valence-electron chi connectivity index (χ0n) is 15.0. The van der Waals surface area contributed by atoms with Gasteiger partial charge in [0, 0.05) is 25.4 Å². The Morgan fingerprint density at radius 1 is 1.37 bits per heavy atom. The van der Waals surface area contributed by atoms with Crippen LogP contribution in [0.4, 0.5) is 0 Å². The zero-order chi connectivity index (χ0) is 19.4. The molecule has 0 aliphatic carbocycles. The molecule has 0 saturated heterocycles. The molecule has 0 aromatic carbocycles. The van der Waals surface area contributed by atoms with Crippen molar-refractivity contribution in [1.29, 1.82) is 0 Å². The number of aromatic nitrogens is 5. The molecule has 10 heteroatoms. The molecule has 0 fully saturated rings. The van der Waals surface area contributed by atoms with Gasteiger partial charge >= 0.3 is 0 Å².